The van der Waals surface area contributed by atoms with E-state index in [1.165, 1.54) is 17.7 Å². The number of benzene rings is 1. The number of hydrogen-bond acceptors (Lipinski definition) is 5. The van der Waals surface area contributed by atoms with Gasteiger partial charge >= 0.3 is 0 Å². The number of aryl methyl sites for hydroxylation is 1. The highest BCUT2D eigenvalue weighted by Gasteiger charge is 2.11. The van der Waals surface area contributed by atoms with Gasteiger partial charge in [0.1, 0.15) is 12.7 Å². The topological polar surface area (TPSA) is 76.9 Å². The van der Waals surface area contributed by atoms with E-state index < -0.39 is 0 Å². The van der Waals surface area contributed by atoms with E-state index in [4.69, 9.17) is 0 Å². The largest absolute Gasteiger partial charge is 0.326 e. The second-order valence-electron chi connectivity index (χ2n) is 5.27. The Morgan fingerprint density at radius 2 is 1.92 bits per heavy atom. The van der Waals surface area contributed by atoms with Crippen LogP contribution in [-0.4, -0.2) is 26.5 Å². The first-order chi connectivity index (χ1) is 11.6. The van der Waals surface area contributed by atoms with Crippen molar-refractivity contribution in [1.29, 1.82) is 0 Å². The summed E-state index contributed by atoms with van der Waals surface area (Å²) in [5, 5.41) is 6.83. The maximum Gasteiger partial charge on any atom is 0.224 e. The molecule has 0 aliphatic heterocycles. The summed E-state index contributed by atoms with van der Waals surface area (Å²) in [5.74, 6) is -0.171. The molecule has 3 aromatic rings. The van der Waals surface area contributed by atoms with Crippen LogP contribution >= 0.6 is 11.3 Å². The van der Waals surface area contributed by atoms with Gasteiger partial charge < -0.3 is 5.32 Å². The van der Waals surface area contributed by atoms with Crippen molar-refractivity contribution in [1.82, 2.24) is 14.8 Å². The van der Waals surface area contributed by atoms with Crippen molar-refractivity contribution < 1.29 is 9.59 Å². The van der Waals surface area contributed by atoms with Crippen LogP contribution < -0.4 is 5.32 Å². The zero-order valence-corrected chi connectivity index (χ0v) is 13.9. The first-order valence-corrected chi connectivity index (χ1v) is 8.28. The summed E-state index contributed by atoms with van der Waals surface area (Å²) >= 11 is 1.46. The third-order valence-electron chi connectivity index (χ3n) is 3.43. The van der Waals surface area contributed by atoms with Gasteiger partial charge in [0.15, 0.2) is 5.78 Å². The van der Waals surface area contributed by atoms with Crippen LogP contribution in [0.1, 0.15) is 27.4 Å². The first kappa shape index (κ1) is 16.1. The molecule has 0 aliphatic rings. The summed E-state index contributed by atoms with van der Waals surface area (Å²) in [7, 11) is 0. The maximum atomic E-state index is 12.0. The van der Waals surface area contributed by atoms with Crippen molar-refractivity contribution >= 4 is 28.7 Å². The molecule has 0 fully saturated rings. The molecule has 24 heavy (non-hydrogen) atoms. The summed E-state index contributed by atoms with van der Waals surface area (Å²) in [6.45, 7) is 1.96. The highest BCUT2D eigenvalue weighted by Crippen LogP contribution is 2.18. The van der Waals surface area contributed by atoms with E-state index in [-0.39, 0.29) is 24.5 Å². The number of Topliss-reactive ketones (excluding diaryl/α,β-unsaturated/α-hetero) is 1. The predicted octanol–water partition coefficient (Wildman–Crippen LogP) is 3.24. The number of nitrogens with one attached hydrogen (secondary N) is 1. The molecule has 0 spiro atoms. The molecule has 2 aromatic heterocycles. The quantitative estimate of drug-likeness (QED) is 0.699. The number of thiophene rings is 1. The molecular formula is C17H16N4O2S. The van der Waals surface area contributed by atoms with Gasteiger partial charge in [0.25, 0.3) is 0 Å². The molecule has 2 heterocycles. The van der Waals surface area contributed by atoms with Crippen molar-refractivity contribution in [2.24, 2.45) is 0 Å². The molecular weight excluding hydrogens is 324 g/mol. The Morgan fingerprint density at radius 1 is 1.12 bits per heavy atom. The van der Waals surface area contributed by atoms with Gasteiger partial charge in [-0.2, -0.15) is 5.10 Å². The second-order valence-corrected chi connectivity index (χ2v) is 6.56. The Kier molecular flexibility index (Phi) is 4.81. The molecule has 0 radical (unpaired) electrons. The summed E-state index contributed by atoms with van der Waals surface area (Å²) in [5.41, 5.74) is 1.54. The van der Waals surface area contributed by atoms with E-state index >= 15 is 0 Å². The molecule has 3 rings (SSSR count). The standard InChI is InChI=1S/C17H16N4O2S/c1-12-2-8-16(24-12)15(22)7-9-17(23)20-13-3-5-14(6-4-13)21-11-18-10-19-21/h2-6,8,10-11H,7,9H2,1H3,(H,20,23). The number of amides is 1. The van der Waals surface area contributed by atoms with E-state index in [1.54, 1.807) is 23.1 Å². The fourth-order valence-corrected chi connectivity index (χ4v) is 3.03. The number of carbonyl (C=O) groups is 2. The van der Waals surface area contributed by atoms with Crippen LogP contribution in [0.3, 0.4) is 0 Å². The summed E-state index contributed by atoms with van der Waals surface area (Å²) in [4.78, 5) is 29.7. The molecule has 0 unspecified atom stereocenters. The lowest BCUT2D eigenvalue weighted by molar-refractivity contribution is -0.116. The van der Waals surface area contributed by atoms with Crippen LogP contribution in [0.4, 0.5) is 5.69 Å². The number of ketones is 1. The van der Waals surface area contributed by atoms with Crippen LogP contribution in [0.2, 0.25) is 0 Å². The van der Waals surface area contributed by atoms with Crippen molar-refractivity contribution in [2.45, 2.75) is 19.8 Å². The van der Waals surface area contributed by atoms with Crippen molar-refractivity contribution in [3.05, 3.63) is 58.8 Å². The van der Waals surface area contributed by atoms with E-state index in [1.807, 2.05) is 31.2 Å². The number of nitrogens with zero attached hydrogens (tertiary/aromatic N) is 3. The van der Waals surface area contributed by atoms with Crippen LogP contribution in [0, 0.1) is 6.92 Å². The summed E-state index contributed by atoms with van der Waals surface area (Å²) < 4.78 is 1.63. The average Bonchev–Trinajstić information content (AvgIpc) is 3.25. The van der Waals surface area contributed by atoms with Gasteiger partial charge in [0.2, 0.25) is 5.91 Å². The minimum atomic E-state index is -0.176. The zero-order valence-electron chi connectivity index (χ0n) is 13.1. The number of rotatable bonds is 6. The van der Waals surface area contributed by atoms with Gasteiger partial charge in [-0.15, -0.1) is 11.3 Å². The molecule has 7 heteroatoms. The van der Waals surface area contributed by atoms with Gasteiger partial charge in [-0.25, -0.2) is 9.67 Å². The fraction of sp³-hybridized carbons (Fsp3) is 0.176. The molecule has 0 bridgehead atoms. The van der Waals surface area contributed by atoms with Gasteiger partial charge in [0.05, 0.1) is 10.6 Å². The van der Waals surface area contributed by atoms with Crippen molar-refractivity contribution in [3.8, 4) is 5.69 Å². The highest BCUT2D eigenvalue weighted by atomic mass is 32.1. The number of anilines is 1. The molecule has 6 nitrogen and oxygen atoms in total. The van der Waals surface area contributed by atoms with E-state index in [2.05, 4.69) is 15.4 Å². The molecule has 1 aromatic carbocycles. The number of aromatic nitrogens is 3. The SMILES string of the molecule is Cc1ccc(C(=O)CCC(=O)Nc2ccc(-n3cncn3)cc2)s1. The minimum absolute atomic E-state index is 0.00443. The Balaban J connectivity index is 1.52. The average molecular weight is 340 g/mol. The lowest BCUT2D eigenvalue weighted by atomic mass is 10.2. The lowest BCUT2D eigenvalue weighted by Gasteiger charge is -2.06. The third kappa shape index (κ3) is 3.94. The third-order valence-corrected chi connectivity index (χ3v) is 4.47. The molecule has 0 atom stereocenters. The smallest absolute Gasteiger partial charge is 0.224 e. The Hall–Kier alpha value is -2.80. The summed E-state index contributed by atoms with van der Waals surface area (Å²) in [6.07, 6.45) is 3.44. The van der Waals surface area contributed by atoms with Crippen LogP contribution in [-0.2, 0) is 4.79 Å². The van der Waals surface area contributed by atoms with Gasteiger partial charge in [-0.3, -0.25) is 9.59 Å². The second kappa shape index (κ2) is 7.18. The zero-order chi connectivity index (χ0) is 16.9. The molecule has 1 amide bonds. The minimum Gasteiger partial charge on any atom is -0.326 e. The van der Waals surface area contributed by atoms with E-state index in [0.29, 0.717) is 10.6 Å². The highest BCUT2D eigenvalue weighted by molar-refractivity contribution is 7.14. The Labute approximate surface area is 143 Å². The van der Waals surface area contributed by atoms with Crippen molar-refractivity contribution in [2.75, 3.05) is 5.32 Å². The number of hydrogen-bond donors (Lipinski definition) is 1. The number of carbonyl (C=O) groups excluding carboxylic acids is 2. The monoisotopic (exact) mass is 340 g/mol. The van der Waals surface area contributed by atoms with Crippen LogP contribution in [0.25, 0.3) is 5.69 Å². The summed E-state index contributed by atoms with van der Waals surface area (Å²) in [6, 6.07) is 11.0. The molecule has 0 saturated heterocycles. The van der Waals surface area contributed by atoms with Gasteiger partial charge in [-0.1, -0.05) is 0 Å². The van der Waals surface area contributed by atoms with Crippen molar-refractivity contribution in [3.63, 3.8) is 0 Å². The first-order valence-electron chi connectivity index (χ1n) is 7.46. The molecule has 0 aliphatic carbocycles. The van der Waals surface area contributed by atoms with Gasteiger partial charge in [-0.05, 0) is 43.3 Å². The van der Waals surface area contributed by atoms with E-state index in [0.717, 1.165) is 10.6 Å². The normalized spacial score (nSPS) is 10.5. The van der Waals surface area contributed by atoms with Crippen LogP contribution in [0.15, 0.2) is 49.1 Å². The Morgan fingerprint density at radius 3 is 2.54 bits per heavy atom. The predicted molar refractivity (Wildman–Crippen MR) is 92.6 cm³/mol. The Bertz CT molecular complexity index is 838. The fourth-order valence-electron chi connectivity index (χ4n) is 2.20. The molecule has 122 valence electrons. The maximum absolute atomic E-state index is 12.0. The van der Waals surface area contributed by atoms with E-state index in [9.17, 15) is 9.59 Å². The molecule has 0 saturated carbocycles. The lowest BCUT2D eigenvalue weighted by Crippen LogP contribution is -2.13. The van der Waals surface area contributed by atoms with Gasteiger partial charge in [0, 0.05) is 23.4 Å². The molecule has 1 N–H and O–H groups in total. The van der Waals surface area contributed by atoms with Crippen LogP contribution in [0.5, 0.6) is 0 Å².